The van der Waals surface area contributed by atoms with E-state index < -0.39 is 5.97 Å². The van der Waals surface area contributed by atoms with Crippen molar-refractivity contribution in [3.05, 3.63) is 0 Å². The lowest BCUT2D eigenvalue weighted by atomic mass is 10.0. The highest BCUT2D eigenvalue weighted by Crippen LogP contribution is 2.23. The molecule has 1 aliphatic carbocycles. The van der Waals surface area contributed by atoms with Crippen molar-refractivity contribution in [3.8, 4) is 0 Å². The smallest absolute Gasteiger partial charge is 0.322 e. The van der Waals surface area contributed by atoms with Crippen molar-refractivity contribution >= 4 is 5.97 Å². The zero-order valence-corrected chi connectivity index (χ0v) is 10.1. The first-order valence-electron chi connectivity index (χ1n) is 6.27. The first-order valence-corrected chi connectivity index (χ1v) is 6.27. The predicted octanol–water partition coefficient (Wildman–Crippen LogP) is 0.779. The van der Waals surface area contributed by atoms with Gasteiger partial charge in [0.25, 0.3) is 0 Å². The minimum Gasteiger partial charge on any atom is -0.480 e. The molecule has 0 aromatic heterocycles. The average Bonchev–Trinajstić information content (AvgIpc) is 2.94. The van der Waals surface area contributed by atoms with Crippen LogP contribution >= 0.6 is 0 Å². The van der Waals surface area contributed by atoms with Crippen LogP contribution < -0.4 is 5.32 Å². The summed E-state index contributed by atoms with van der Waals surface area (Å²) in [6.45, 7) is 7.22. The summed E-state index contributed by atoms with van der Waals surface area (Å²) < 4.78 is 0. The summed E-state index contributed by atoms with van der Waals surface area (Å²) in [5.41, 5.74) is 0. The molecule has 3 unspecified atom stereocenters. The summed E-state index contributed by atoms with van der Waals surface area (Å²) in [5, 5.41) is 12.4. The molecule has 0 spiro atoms. The molecule has 0 radical (unpaired) electrons. The summed E-state index contributed by atoms with van der Waals surface area (Å²) >= 11 is 0. The van der Waals surface area contributed by atoms with Gasteiger partial charge in [0.2, 0.25) is 0 Å². The van der Waals surface area contributed by atoms with Gasteiger partial charge < -0.3 is 15.3 Å². The van der Waals surface area contributed by atoms with E-state index in [9.17, 15) is 4.79 Å². The summed E-state index contributed by atoms with van der Waals surface area (Å²) in [7, 11) is 0. The van der Waals surface area contributed by atoms with Gasteiger partial charge in [-0.3, -0.25) is 4.79 Å². The van der Waals surface area contributed by atoms with E-state index >= 15 is 0 Å². The van der Waals surface area contributed by atoms with E-state index in [1.165, 1.54) is 0 Å². The Kier molecular flexibility index (Phi) is 3.50. The quantitative estimate of drug-likeness (QED) is 0.727. The van der Waals surface area contributed by atoms with Crippen LogP contribution in [0.5, 0.6) is 0 Å². The number of carbonyl (C=O) groups is 1. The van der Waals surface area contributed by atoms with Crippen LogP contribution in [0.4, 0.5) is 0 Å². The molecule has 4 heteroatoms. The largest absolute Gasteiger partial charge is 0.480 e. The highest BCUT2D eigenvalue weighted by molar-refractivity contribution is 5.73. The SMILES string of the molecule is CC1CN(CC(NC2CC2)C(=O)O)CC1C. The Labute approximate surface area is 97.0 Å². The Bertz CT molecular complexity index is 256. The van der Waals surface area contributed by atoms with Gasteiger partial charge >= 0.3 is 5.97 Å². The van der Waals surface area contributed by atoms with E-state index in [1.54, 1.807) is 0 Å². The van der Waals surface area contributed by atoms with E-state index in [4.69, 9.17) is 5.11 Å². The van der Waals surface area contributed by atoms with Gasteiger partial charge in [-0.15, -0.1) is 0 Å². The maximum absolute atomic E-state index is 11.1. The Balaban J connectivity index is 1.83. The highest BCUT2D eigenvalue weighted by atomic mass is 16.4. The molecule has 16 heavy (non-hydrogen) atoms. The molecule has 0 aromatic rings. The van der Waals surface area contributed by atoms with E-state index in [0.29, 0.717) is 24.4 Å². The summed E-state index contributed by atoms with van der Waals surface area (Å²) in [5.74, 6) is 0.671. The first-order chi connectivity index (χ1) is 7.56. The molecule has 2 rings (SSSR count). The van der Waals surface area contributed by atoms with Gasteiger partial charge in [0, 0.05) is 25.7 Å². The molecule has 1 saturated heterocycles. The van der Waals surface area contributed by atoms with Crippen LogP contribution in [0.25, 0.3) is 0 Å². The number of likely N-dealkylation sites (tertiary alicyclic amines) is 1. The molecule has 1 saturated carbocycles. The van der Waals surface area contributed by atoms with Crippen LogP contribution in [0, 0.1) is 11.8 Å². The van der Waals surface area contributed by atoms with Gasteiger partial charge in [0.15, 0.2) is 0 Å². The third-order valence-electron chi connectivity index (χ3n) is 3.82. The normalized spacial score (nSPS) is 32.9. The standard InChI is InChI=1S/C12H22N2O2/c1-8-5-14(6-9(8)2)7-11(12(15)16)13-10-3-4-10/h8-11,13H,3-7H2,1-2H3,(H,15,16). The maximum atomic E-state index is 11.1. The van der Waals surface area contributed by atoms with Gasteiger partial charge in [-0.1, -0.05) is 13.8 Å². The number of hydrogen-bond donors (Lipinski definition) is 2. The molecule has 1 heterocycles. The lowest BCUT2D eigenvalue weighted by Gasteiger charge is -2.21. The van der Waals surface area contributed by atoms with Gasteiger partial charge in [-0.2, -0.15) is 0 Å². The summed E-state index contributed by atoms with van der Waals surface area (Å²) in [6.07, 6.45) is 2.27. The Morgan fingerprint density at radius 2 is 1.94 bits per heavy atom. The summed E-state index contributed by atoms with van der Waals surface area (Å²) in [6, 6.07) is 0.0727. The fourth-order valence-corrected chi connectivity index (χ4v) is 2.39. The monoisotopic (exact) mass is 226 g/mol. The molecule has 2 N–H and O–H groups in total. The number of hydrogen-bond acceptors (Lipinski definition) is 3. The molecule has 2 aliphatic rings. The van der Waals surface area contributed by atoms with Crippen molar-refractivity contribution in [3.63, 3.8) is 0 Å². The maximum Gasteiger partial charge on any atom is 0.322 e. The first kappa shape index (κ1) is 11.9. The molecule has 4 nitrogen and oxygen atoms in total. The number of rotatable bonds is 5. The fraction of sp³-hybridized carbons (Fsp3) is 0.917. The van der Waals surface area contributed by atoms with Gasteiger partial charge in [0.05, 0.1) is 0 Å². The van der Waals surface area contributed by atoms with Crippen LogP contribution in [0.1, 0.15) is 26.7 Å². The van der Waals surface area contributed by atoms with Gasteiger partial charge in [0.1, 0.15) is 6.04 Å². The minimum absolute atomic E-state index is 0.384. The Morgan fingerprint density at radius 1 is 1.38 bits per heavy atom. The van der Waals surface area contributed by atoms with Crippen LogP contribution in [-0.4, -0.2) is 47.7 Å². The molecular formula is C12H22N2O2. The number of carboxylic acid groups (broad SMARTS) is 1. The van der Waals surface area contributed by atoms with Crippen LogP contribution in [0.3, 0.4) is 0 Å². The second-order valence-corrected chi connectivity index (χ2v) is 5.50. The number of carboxylic acids is 1. The molecule has 2 fully saturated rings. The van der Waals surface area contributed by atoms with Crippen molar-refractivity contribution < 1.29 is 9.90 Å². The van der Waals surface area contributed by atoms with Crippen molar-refractivity contribution in [2.45, 2.75) is 38.8 Å². The van der Waals surface area contributed by atoms with Crippen molar-refractivity contribution in [2.75, 3.05) is 19.6 Å². The van der Waals surface area contributed by atoms with Crippen LogP contribution in [0.2, 0.25) is 0 Å². The molecule has 0 aromatic carbocycles. The third-order valence-corrected chi connectivity index (χ3v) is 3.82. The Hall–Kier alpha value is -0.610. The van der Waals surface area contributed by atoms with Crippen molar-refractivity contribution in [1.82, 2.24) is 10.2 Å². The van der Waals surface area contributed by atoms with Crippen molar-refractivity contribution in [1.29, 1.82) is 0 Å². The lowest BCUT2D eigenvalue weighted by molar-refractivity contribution is -0.140. The minimum atomic E-state index is -0.709. The molecule has 0 amide bonds. The number of nitrogens with one attached hydrogen (secondary N) is 1. The van der Waals surface area contributed by atoms with Crippen molar-refractivity contribution in [2.24, 2.45) is 11.8 Å². The van der Waals surface area contributed by atoms with E-state index in [-0.39, 0.29) is 6.04 Å². The summed E-state index contributed by atoms with van der Waals surface area (Å²) in [4.78, 5) is 13.4. The predicted molar refractivity (Wildman–Crippen MR) is 62.3 cm³/mol. The number of aliphatic carboxylic acids is 1. The highest BCUT2D eigenvalue weighted by Gasteiger charge is 2.32. The molecule has 0 bridgehead atoms. The zero-order chi connectivity index (χ0) is 11.7. The zero-order valence-electron chi connectivity index (χ0n) is 10.1. The molecule has 92 valence electrons. The third kappa shape index (κ3) is 2.95. The molecular weight excluding hydrogens is 204 g/mol. The topological polar surface area (TPSA) is 52.6 Å². The average molecular weight is 226 g/mol. The second-order valence-electron chi connectivity index (χ2n) is 5.50. The van der Waals surface area contributed by atoms with Crippen LogP contribution in [-0.2, 0) is 4.79 Å². The Morgan fingerprint density at radius 3 is 2.38 bits per heavy atom. The lowest BCUT2D eigenvalue weighted by Crippen LogP contribution is -2.46. The second kappa shape index (κ2) is 4.72. The van der Waals surface area contributed by atoms with Gasteiger partial charge in [-0.05, 0) is 24.7 Å². The van der Waals surface area contributed by atoms with E-state index in [2.05, 4.69) is 24.1 Å². The van der Waals surface area contributed by atoms with E-state index in [1.807, 2.05) is 0 Å². The number of nitrogens with zero attached hydrogens (tertiary/aromatic N) is 1. The fourth-order valence-electron chi connectivity index (χ4n) is 2.39. The van der Waals surface area contributed by atoms with Crippen LogP contribution in [0.15, 0.2) is 0 Å². The van der Waals surface area contributed by atoms with Gasteiger partial charge in [-0.25, -0.2) is 0 Å². The van der Waals surface area contributed by atoms with E-state index in [0.717, 1.165) is 25.9 Å². The molecule has 3 atom stereocenters. The molecule has 1 aliphatic heterocycles.